The molecule has 0 aliphatic heterocycles. The first-order valence-corrected chi connectivity index (χ1v) is 17.3. The van der Waals surface area contributed by atoms with Gasteiger partial charge < -0.3 is 0 Å². The van der Waals surface area contributed by atoms with Crippen molar-refractivity contribution in [3.05, 3.63) is 144 Å². The second-order valence-electron chi connectivity index (χ2n) is 11.3. The monoisotopic (exact) mass is 542 g/mol. The van der Waals surface area contributed by atoms with Gasteiger partial charge >= 0.3 is 0 Å². The van der Waals surface area contributed by atoms with E-state index in [1.165, 1.54) is 42.7 Å². The van der Waals surface area contributed by atoms with Crippen molar-refractivity contribution < 1.29 is 0 Å². The van der Waals surface area contributed by atoms with Gasteiger partial charge in [-0.3, -0.25) is 0 Å². The Bertz CT molecular complexity index is 1360. The third-order valence-corrected chi connectivity index (χ3v) is 14.5. The molecule has 0 N–H and O–H groups in total. The van der Waals surface area contributed by atoms with E-state index in [-0.39, 0.29) is 7.92 Å². The van der Waals surface area contributed by atoms with E-state index >= 15 is 0 Å². The van der Waals surface area contributed by atoms with Crippen molar-refractivity contribution in [1.29, 1.82) is 0 Å². The molecule has 3 aliphatic rings. The van der Waals surface area contributed by atoms with Gasteiger partial charge in [0.05, 0.1) is 0 Å². The molecule has 4 aromatic carbocycles. The molecule has 2 fully saturated rings. The summed E-state index contributed by atoms with van der Waals surface area (Å²) in [6.45, 7) is 0. The molecule has 39 heavy (non-hydrogen) atoms. The van der Waals surface area contributed by atoms with Crippen LogP contribution in [0.4, 0.5) is 0 Å². The Balaban J connectivity index is 1.15. The molecule has 3 aliphatic carbocycles. The molecule has 0 heterocycles. The molecule has 194 valence electrons. The smallest absolute Gasteiger partial charge is 0.00102 e. The Kier molecular flexibility index (Phi) is 7.35. The summed E-state index contributed by atoms with van der Waals surface area (Å²) in [5, 5.41) is 7.62. The Morgan fingerprint density at radius 2 is 1.05 bits per heavy atom. The minimum absolute atomic E-state index is 0.310. The van der Waals surface area contributed by atoms with Gasteiger partial charge in [-0.1, -0.05) is 139 Å². The SMILES string of the molecule is C1=C2CCC3CC(P(c4ccccc4)c4ccccc4)[C@H]3CCC2C=C1P(c1ccccc1)c1ccccc1. The summed E-state index contributed by atoms with van der Waals surface area (Å²) in [5.41, 5.74) is 2.52. The molecule has 3 unspecified atom stereocenters. The van der Waals surface area contributed by atoms with Gasteiger partial charge in [-0.2, -0.15) is 0 Å². The van der Waals surface area contributed by atoms with Gasteiger partial charge in [0, 0.05) is 0 Å². The van der Waals surface area contributed by atoms with E-state index in [1.54, 1.807) is 21.5 Å². The highest BCUT2D eigenvalue weighted by Crippen LogP contribution is 2.59. The summed E-state index contributed by atoms with van der Waals surface area (Å²) < 4.78 is 0. The van der Waals surface area contributed by atoms with Gasteiger partial charge in [-0.05, 0) is 97.9 Å². The van der Waals surface area contributed by atoms with Crippen molar-refractivity contribution in [1.82, 2.24) is 0 Å². The standard InChI is InChI=1S/C37H36P2/c1-5-13-31(14-6-1)38(32-15-7-2-8-16-32)35-25-28-21-22-30-27-37(36(30)24-23-29(28)26-35)39(33-17-9-3-10-18-33)34-19-11-4-12-20-34/h1-20,25-26,29-30,36-37H,21-24,27H2/t29?,30?,36-,37?/m0/s1. The molecule has 0 nitrogen and oxygen atoms in total. The first-order valence-electron chi connectivity index (χ1n) is 14.6. The second-order valence-corrected chi connectivity index (χ2v) is 16.0. The van der Waals surface area contributed by atoms with E-state index in [9.17, 15) is 0 Å². The average molecular weight is 543 g/mol. The van der Waals surface area contributed by atoms with Crippen LogP contribution in [0.15, 0.2) is 144 Å². The van der Waals surface area contributed by atoms with Crippen LogP contribution in [0.2, 0.25) is 0 Å². The molecule has 0 amide bonds. The first kappa shape index (κ1) is 25.2. The van der Waals surface area contributed by atoms with Crippen molar-refractivity contribution in [3.63, 3.8) is 0 Å². The lowest BCUT2D eigenvalue weighted by Gasteiger charge is -2.50. The Labute approximate surface area is 236 Å². The highest BCUT2D eigenvalue weighted by molar-refractivity contribution is 7.77. The van der Waals surface area contributed by atoms with Crippen LogP contribution < -0.4 is 21.2 Å². The van der Waals surface area contributed by atoms with Crippen molar-refractivity contribution in [3.8, 4) is 0 Å². The van der Waals surface area contributed by atoms with Crippen LogP contribution in [0.1, 0.15) is 32.1 Å². The van der Waals surface area contributed by atoms with Gasteiger partial charge in [-0.15, -0.1) is 0 Å². The highest BCUT2D eigenvalue weighted by Gasteiger charge is 2.46. The summed E-state index contributed by atoms with van der Waals surface area (Å²) in [6, 6.07) is 45.3. The maximum absolute atomic E-state index is 2.67. The minimum atomic E-state index is -0.505. The molecule has 0 saturated heterocycles. The molecule has 4 aromatic rings. The zero-order valence-electron chi connectivity index (χ0n) is 22.4. The van der Waals surface area contributed by atoms with Crippen molar-refractivity contribution in [2.75, 3.05) is 0 Å². The van der Waals surface area contributed by atoms with E-state index in [4.69, 9.17) is 0 Å². The van der Waals surface area contributed by atoms with E-state index in [0.29, 0.717) is 5.92 Å². The van der Waals surface area contributed by atoms with Crippen LogP contribution in [0.25, 0.3) is 0 Å². The van der Waals surface area contributed by atoms with Crippen LogP contribution in [-0.2, 0) is 0 Å². The zero-order valence-corrected chi connectivity index (χ0v) is 24.2. The second kappa shape index (κ2) is 11.4. The predicted octanol–water partition coefficient (Wildman–Crippen LogP) is 8.27. The molecular weight excluding hydrogens is 506 g/mol. The summed E-state index contributed by atoms with van der Waals surface area (Å²) in [5.74, 6) is 2.38. The normalized spacial score (nSPS) is 24.2. The van der Waals surface area contributed by atoms with Gasteiger partial charge in [0.2, 0.25) is 0 Å². The van der Waals surface area contributed by atoms with Gasteiger partial charge in [0.15, 0.2) is 0 Å². The minimum Gasteiger partial charge on any atom is -0.0690 e. The van der Waals surface area contributed by atoms with Crippen LogP contribution in [0, 0.1) is 17.8 Å². The molecule has 0 aromatic heterocycles. The summed E-state index contributed by atoms with van der Waals surface area (Å²) in [6.07, 6.45) is 12.0. The number of allylic oxidation sites excluding steroid dienone is 4. The van der Waals surface area contributed by atoms with Crippen LogP contribution in [-0.4, -0.2) is 5.66 Å². The Hall–Kier alpha value is -2.78. The largest absolute Gasteiger partial charge is 0.0690 e. The molecule has 0 spiro atoms. The van der Waals surface area contributed by atoms with Crippen LogP contribution >= 0.6 is 15.8 Å². The third kappa shape index (κ3) is 5.11. The van der Waals surface area contributed by atoms with E-state index in [1.807, 2.05) is 0 Å². The molecule has 4 atom stereocenters. The predicted molar refractivity (Wildman–Crippen MR) is 172 cm³/mol. The van der Waals surface area contributed by atoms with Crippen LogP contribution in [0.5, 0.6) is 0 Å². The number of rotatable bonds is 6. The van der Waals surface area contributed by atoms with Crippen LogP contribution in [0.3, 0.4) is 0 Å². The molecule has 0 bridgehead atoms. The van der Waals surface area contributed by atoms with Gasteiger partial charge in [0.1, 0.15) is 0 Å². The summed E-state index contributed by atoms with van der Waals surface area (Å²) >= 11 is 0. The number of benzene rings is 4. The number of fused-ring (bicyclic) bond motifs is 2. The molecule has 2 saturated carbocycles. The maximum Gasteiger partial charge on any atom is -0.00102 e. The van der Waals surface area contributed by atoms with Gasteiger partial charge in [0.25, 0.3) is 0 Å². The van der Waals surface area contributed by atoms with Crippen molar-refractivity contribution >= 4 is 37.1 Å². The highest BCUT2D eigenvalue weighted by atomic mass is 31.1. The topological polar surface area (TPSA) is 0 Å². The van der Waals surface area contributed by atoms with Crippen molar-refractivity contribution in [2.24, 2.45) is 17.8 Å². The lowest BCUT2D eigenvalue weighted by Crippen LogP contribution is -2.44. The first-order chi connectivity index (χ1) is 19.3. The molecular formula is C37H36P2. The fourth-order valence-electron chi connectivity index (χ4n) is 7.19. The molecule has 2 heteroatoms. The van der Waals surface area contributed by atoms with Crippen molar-refractivity contribution in [2.45, 2.75) is 37.8 Å². The van der Waals surface area contributed by atoms with E-state index < -0.39 is 7.92 Å². The average Bonchev–Trinajstić information content (AvgIpc) is 3.37. The Morgan fingerprint density at radius 3 is 1.59 bits per heavy atom. The quantitative estimate of drug-likeness (QED) is 0.215. The zero-order chi connectivity index (χ0) is 26.0. The number of hydrogen-bond acceptors (Lipinski definition) is 0. The lowest BCUT2D eigenvalue weighted by atomic mass is 9.65. The number of hydrogen-bond donors (Lipinski definition) is 0. The molecule has 7 rings (SSSR count). The lowest BCUT2D eigenvalue weighted by molar-refractivity contribution is 0.147. The van der Waals surface area contributed by atoms with Gasteiger partial charge in [-0.25, -0.2) is 0 Å². The van der Waals surface area contributed by atoms with E-state index in [2.05, 4.69) is 133 Å². The third-order valence-electron chi connectivity index (χ3n) is 9.13. The summed E-state index contributed by atoms with van der Waals surface area (Å²) in [7, 11) is -0.815. The van der Waals surface area contributed by atoms with E-state index in [0.717, 1.165) is 17.5 Å². The Morgan fingerprint density at radius 1 is 0.538 bits per heavy atom. The fourth-order valence-corrected chi connectivity index (χ4v) is 13.0. The molecule has 0 radical (unpaired) electrons. The summed E-state index contributed by atoms with van der Waals surface area (Å²) in [4.78, 5) is 0. The maximum atomic E-state index is 2.67. The fraction of sp³-hybridized carbons (Fsp3) is 0.243.